The number of nitrogens with one attached hydrogen (secondary N) is 1. The number of esters is 1. The molecule has 2 rings (SSSR count). The van der Waals surface area contributed by atoms with Crippen LogP contribution in [0, 0.1) is 6.92 Å². The summed E-state index contributed by atoms with van der Waals surface area (Å²) < 4.78 is 15.7. The van der Waals surface area contributed by atoms with Gasteiger partial charge in [0.05, 0.1) is 13.4 Å². The van der Waals surface area contributed by atoms with Crippen molar-refractivity contribution in [1.29, 1.82) is 0 Å². The number of hydrogen-bond donors (Lipinski definition) is 1. The molecule has 19 heavy (non-hydrogen) atoms. The summed E-state index contributed by atoms with van der Waals surface area (Å²) in [5.74, 6) is 1.11. The predicted molar refractivity (Wildman–Crippen MR) is 69.0 cm³/mol. The van der Waals surface area contributed by atoms with Crippen LogP contribution in [0.15, 0.2) is 33.3 Å². The topological polar surface area (TPSA) is 64.6 Å². The first-order chi connectivity index (χ1) is 9.17. The fourth-order valence-corrected chi connectivity index (χ4v) is 1.93. The molecule has 0 aliphatic heterocycles. The molecule has 0 spiro atoms. The van der Waals surface area contributed by atoms with Crippen LogP contribution in [-0.2, 0) is 4.74 Å². The lowest BCUT2D eigenvalue weighted by molar-refractivity contribution is 0.0562. The molecule has 0 amide bonds. The molecule has 0 saturated heterocycles. The Morgan fingerprint density at radius 1 is 1.42 bits per heavy atom. The summed E-state index contributed by atoms with van der Waals surface area (Å²) >= 11 is 0. The largest absolute Gasteiger partial charge is 0.467 e. The first-order valence-electron chi connectivity index (χ1n) is 6.12. The van der Waals surface area contributed by atoms with Crippen LogP contribution >= 0.6 is 0 Å². The van der Waals surface area contributed by atoms with Crippen LogP contribution in [0.4, 0.5) is 0 Å². The molecule has 0 radical (unpaired) electrons. The maximum Gasteiger partial charge on any atom is 0.373 e. The number of carbonyl (C=O) groups excluding carboxylic acids is 1. The molecule has 0 fully saturated rings. The molecule has 1 atom stereocenters. The lowest BCUT2D eigenvalue weighted by atomic mass is 10.1. The van der Waals surface area contributed by atoms with Gasteiger partial charge in [-0.3, -0.25) is 0 Å². The Morgan fingerprint density at radius 3 is 2.79 bits per heavy atom. The number of aryl methyl sites for hydroxylation is 1. The second-order valence-electron chi connectivity index (χ2n) is 4.15. The maximum atomic E-state index is 11.4. The van der Waals surface area contributed by atoms with E-state index in [2.05, 4.69) is 10.1 Å². The summed E-state index contributed by atoms with van der Waals surface area (Å²) in [5.41, 5.74) is 1.03. The van der Waals surface area contributed by atoms with Gasteiger partial charge in [0.15, 0.2) is 0 Å². The van der Waals surface area contributed by atoms with Crippen LogP contribution in [-0.4, -0.2) is 19.6 Å². The molecule has 5 heteroatoms. The van der Waals surface area contributed by atoms with E-state index in [-0.39, 0.29) is 11.8 Å². The number of ether oxygens (including phenoxy) is 1. The molecule has 1 N–H and O–H groups in total. The quantitative estimate of drug-likeness (QED) is 0.840. The standard InChI is InChI=1S/C14H17NO4/c1-4-15-12(13-9(2)7-8-18-13)10-5-6-11(19-10)14(16)17-3/h5-8,12,15H,4H2,1-3H3. The van der Waals surface area contributed by atoms with E-state index in [1.165, 1.54) is 7.11 Å². The molecule has 0 saturated carbocycles. The third kappa shape index (κ3) is 2.71. The molecule has 0 aliphatic carbocycles. The summed E-state index contributed by atoms with van der Waals surface area (Å²) in [4.78, 5) is 11.4. The highest BCUT2D eigenvalue weighted by atomic mass is 16.5. The Kier molecular flexibility index (Phi) is 4.06. The number of carbonyl (C=O) groups is 1. The zero-order valence-electron chi connectivity index (χ0n) is 11.2. The number of rotatable bonds is 5. The van der Waals surface area contributed by atoms with Crippen LogP contribution in [0.5, 0.6) is 0 Å². The minimum absolute atomic E-state index is 0.185. The van der Waals surface area contributed by atoms with Gasteiger partial charge in [0.2, 0.25) is 5.76 Å². The van der Waals surface area contributed by atoms with Gasteiger partial charge in [-0.2, -0.15) is 0 Å². The van der Waals surface area contributed by atoms with E-state index in [4.69, 9.17) is 8.83 Å². The second kappa shape index (κ2) is 5.75. The van der Waals surface area contributed by atoms with E-state index < -0.39 is 5.97 Å². The molecule has 0 bridgehead atoms. The van der Waals surface area contributed by atoms with E-state index in [1.807, 2.05) is 19.9 Å². The van der Waals surface area contributed by atoms with Gasteiger partial charge in [-0.15, -0.1) is 0 Å². The molecule has 0 aromatic carbocycles. The van der Waals surface area contributed by atoms with Gasteiger partial charge in [0, 0.05) is 0 Å². The summed E-state index contributed by atoms with van der Waals surface area (Å²) in [6.07, 6.45) is 1.64. The van der Waals surface area contributed by atoms with Crippen molar-refractivity contribution >= 4 is 5.97 Å². The first-order valence-corrected chi connectivity index (χ1v) is 6.12. The second-order valence-corrected chi connectivity index (χ2v) is 4.15. The number of methoxy groups -OCH3 is 1. The van der Waals surface area contributed by atoms with Crippen molar-refractivity contribution < 1.29 is 18.4 Å². The van der Waals surface area contributed by atoms with E-state index in [0.717, 1.165) is 17.9 Å². The van der Waals surface area contributed by atoms with Crippen molar-refractivity contribution in [1.82, 2.24) is 5.32 Å². The molecule has 2 heterocycles. The molecular formula is C14H17NO4. The zero-order valence-corrected chi connectivity index (χ0v) is 11.2. The third-order valence-electron chi connectivity index (χ3n) is 2.87. The van der Waals surface area contributed by atoms with Crippen LogP contribution < -0.4 is 5.32 Å². The molecule has 2 aromatic rings. The van der Waals surface area contributed by atoms with Crippen LogP contribution in [0.25, 0.3) is 0 Å². The van der Waals surface area contributed by atoms with Crippen molar-refractivity contribution in [3.8, 4) is 0 Å². The van der Waals surface area contributed by atoms with Crippen molar-refractivity contribution in [2.45, 2.75) is 19.9 Å². The predicted octanol–water partition coefficient (Wildman–Crippen LogP) is 2.67. The first kappa shape index (κ1) is 13.4. The summed E-state index contributed by atoms with van der Waals surface area (Å²) in [6, 6.07) is 5.04. The Morgan fingerprint density at radius 2 is 2.21 bits per heavy atom. The number of hydrogen-bond acceptors (Lipinski definition) is 5. The average Bonchev–Trinajstić information content (AvgIpc) is 3.04. The van der Waals surface area contributed by atoms with Crippen LogP contribution in [0.3, 0.4) is 0 Å². The van der Waals surface area contributed by atoms with Crippen molar-refractivity contribution in [3.63, 3.8) is 0 Å². The molecule has 5 nitrogen and oxygen atoms in total. The number of furan rings is 2. The van der Waals surface area contributed by atoms with Crippen LogP contribution in [0.2, 0.25) is 0 Å². The highest BCUT2D eigenvalue weighted by Gasteiger charge is 2.23. The highest BCUT2D eigenvalue weighted by molar-refractivity contribution is 5.86. The monoisotopic (exact) mass is 263 g/mol. The lowest BCUT2D eigenvalue weighted by Crippen LogP contribution is -2.21. The summed E-state index contributed by atoms with van der Waals surface area (Å²) in [6.45, 7) is 4.71. The van der Waals surface area contributed by atoms with Crippen molar-refractivity contribution in [3.05, 3.63) is 47.3 Å². The van der Waals surface area contributed by atoms with Crippen LogP contribution in [0.1, 0.15) is 40.6 Å². The summed E-state index contributed by atoms with van der Waals surface area (Å²) in [5, 5.41) is 3.27. The molecule has 2 aromatic heterocycles. The molecule has 0 aliphatic rings. The van der Waals surface area contributed by atoms with Gasteiger partial charge in [-0.1, -0.05) is 6.92 Å². The maximum absolute atomic E-state index is 11.4. The Balaban J connectivity index is 2.32. The van der Waals surface area contributed by atoms with Gasteiger partial charge < -0.3 is 18.9 Å². The van der Waals surface area contributed by atoms with E-state index in [1.54, 1.807) is 18.4 Å². The van der Waals surface area contributed by atoms with E-state index in [9.17, 15) is 4.79 Å². The Bertz CT molecular complexity index is 555. The minimum Gasteiger partial charge on any atom is -0.467 e. The van der Waals surface area contributed by atoms with E-state index >= 15 is 0 Å². The van der Waals surface area contributed by atoms with Crippen molar-refractivity contribution in [2.24, 2.45) is 0 Å². The van der Waals surface area contributed by atoms with E-state index in [0.29, 0.717) is 5.76 Å². The fraction of sp³-hybridized carbons (Fsp3) is 0.357. The van der Waals surface area contributed by atoms with Gasteiger partial charge in [-0.25, -0.2) is 4.79 Å². The SMILES string of the molecule is CCNC(c1ccc(C(=O)OC)o1)c1occc1C. The summed E-state index contributed by atoms with van der Waals surface area (Å²) in [7, 11) is 1.32. The fourth-order valence-electron chi connectivity index (χ4n) is 1.93. The Hall–Kier alpha value is -2.01. The third-order valence-corrected chi connectivity index (χ3v) is 2.87. The smallest absolute Gasteiger partial charge is 0.373 e. The average molecular weight is 263 g/mol. The molecule has 1 unspecified atom stereocenters. The van der Waals surface area contributed by atoms with Gasteiger partial charge in [-0.05, 0) is 37.2 Å². The molecular weight excluding hydrogens is 246 g/mol. The normalized spacial score (nSPS) is 12.4. The lowest BCUT2D eigenvalue weighted by Gasteiger charge is -2.14. The zero-order chi connectivity index (χ0) is 13.8. The minimum atomic E-state index is -0.488. The van der Waals surface area contributed by atoms with Gasteiger partial charge in [0.25, 0.3) is 0 Å². The van der Waals surface area contributed by atoms with Crippen molar-refractivity contribution in [2.75, 3.05) is 13.7 Å². The molecule has 102 valence electrons. The highest BCUT2D eigenvalue weighted by Crippen LogP contribution is 2.27. The van der Waals surface area contributed by atoms with Gasteiger partial charge >= 0.3 is 5.97 Å². The Labute approximate surface area is 111 Å². The van der Waals surface area contributed by atoms with Gasteiger partial charge in [0.1, 0.15) is 17.6 Å².